The molecule has 1 unspecified atom stereocenters. The molecule has 0 aliphatic rings. The molecule has 0 amide bonds. The topological polar surface area (TPSA) is 169 Å². The van der Waals surface area contributed by atoms with Crippen molar-refractivity contribution in [3.63, 3.8) is 0 Å². The van der Waals surface area contributed by atoms with Crippen LogP contribution in [0.3, 0.4) is 0 Å². The van der Waals surface area contributed by atoms with Crippen molar-refractivity contribution in [1.29, 1.82) is 0 Å². The smallest absolute Gasteiger partial charge is 0.462 e. The number of carbonyl (C=O) groups excluding carboxylic acids is 2. The Morgan fingerprint density at radius 1 is 0.517 bits per heavy atom. The molecule has 0 bridgehead atoms. The van der Waals surface area contributed by atoms with Crippen molar-refractivity contribution in [2.24, 2.45) is 0 Å². The molecule has 0 saturated heterocycles. The molecule has 0 heterocycles. The minimum Gasteiger partial charge on any atom is -0.462 e. The minimum atomic E-state index is -4.65. The van der Waals surface area contributed by atoms with Crippen molar-refractivity contribution in [2.75, 3.05) is 33.0 Å². The maximum Gasteiger partial charge on any atom is 0.472 e. The summed E-state index contributed by atoms with van der Waals surface area (Å²) in [5, 5.41) is 27.1. The molecule has 0 aliphatic heterocycles. The maximum atomic E-state index is 12.6. The van der Waals surface area contributed by atoms with Crippen LogP contribution in [-0.2, 0) is 32.7 Å². The standard InChI is InChI=1S/C48H79O11P/c1-2-3-4-5-6-7-8-9-10-11-12-14-17-20-23-26-29-32-35-38-47(52)56-43-46(44-58-60(54,55)57-42-45(51)41-50)59-48(53)39-36-33-30-27-24-21-18-15-13-16-19-22-25-28-31-34-37-40-49/h6-7,9-10,12-14,16,18,20-23,25,27,30,45-46,49-51H,2-5,8,11,15,17,19,24,26,28-29,31-44H2,1H3,(H,54,55)/b7-6-,10-9-,14-12-,16-13-,21-18-,23-20-,25-22-,30-27-/t45-,46+/m0/s1. The van der Waals surface area contributed by atoms with Gasteiger partial charge in [0.2, 0.25) is 0 Å². The van der Waals surface area contributed by atoms with E-state index in [1.165, 1.54) is 25.7 Å². The first kappa shape index (κ1) is 56.9. The number of hydrogen-bond donors (Lipinski definition) is 4. The Morgan fingerprint density at radius 2 is 0.933 bits per heavy atom. The van der Waals surface area contributed by atoms with Gasteiger partial charge in [-0.05, 0) is 103 Å². The number of hydrogen-bond acceptors (Lipinski definition) is 10. The highest BCUT2D eigenvalue weighted by molar-refractivity contribution is 7.47. The number of phosphoric ester groups is 1. The summed E-state index contributed by atoms with van der Waals surface area (Å²) in [4.78, 5) is 35.0. The predicted molar refractivity (Wildman–Crippen MR) is 243 cm³/mol. The third-order valence-electron chi connectivity index (χ3n) is 8.77. The summed E-state index contributed by atoms with van der Waals surface area (Å²) in [6, 6.07) is 0. The Balaban J connectivity index is 4.46. The first-order valence-corrected chi connectivity index (χ1v) is 23.8. The van der Waals surface area contributed by atoms with E-state index in [1.807, 2.05) is 12.2 Å². The first-order chi connectivity index (χ1) is 29.2. The third kappa shape index (κ3) is 43.0. The zero-order valence-corrected chi connectivity index (χ0v) is 37.5. The van der Waals surface area contributed by atoms with E-state index in [-0.39, 0.29) is 26.1 Å². The van der Waals surface area contributed by atoms with E-state index in [0.717, 1.165) is 83.5 Å². The van der Waals surface area contributed by atoms with Gasteiger partial charge in [-0.3, -0.25) is 18.6 Å². The molecule has 0 aromatic rings. The first-order valence-electron chi connectivity index (χ1n) is 22.3. The van der Waals surface area contributed by atoms with Crippen molar-refractivity contribution in [1.82, 2.24) is 0 Å². The quantitative estimate of drug-likeness (QED) is 0.0200. The summed E-state index contributed by atoms with van der Waals surface area (Å²) in [5.74, 6) is -1.05. The molecular formula is C48H79O11P. The average Bonchev–Trinajstić information content (AvgIpc) is 3.24. The summed E-state index contributed by atoms with van der Waals surface area (Å²) in [5.41, 5.74) is 0. The lowest BCUT2D eigenvalue weighted by Crippen LogP contribution is -2.29. The summed E-state index contributed by atoms with van der Waals surface area (Å²) in [6.45, 7) is 0.230. The number of aliphatic hydroxyl groups is 3. The Labute approximate surface area is 362 Å². The zero-order valence-electron chi connectivity index (χ0n) is 36.6. The second-order valence-corrected chi connectivity index (χ2v) is 15.9. The fourth-order valence-electron chi connectivity index (χ4n) is 5.30. The number of rotatable bonds is 41. The van der Waals surface area contributed by atoms with Crippen LogP contribution in [-0.4, -0.2) is 77.4 Å². The highest BCUT2D eigenvalue weighted by Crippen LogP contribution is 2.43. The number of unbranched alkanes of at least 4 members (excludes halogenated alkanes) is 10. The van der Waals surface area contributed by atoms with E-state index in [4.69, 9.17) is 24.2 Å². The van der Waals surface area contributed by atoms with E-state index in [0.29, 0.717) is 19.3 Å². The van der Waals surface area contributed by atoms with Gasteiger partial charge in [0.1, 0.15) is 12.7 Å². The van der Waals surface area contributed by atoms with E-state index < -0.39 is 51.8 Å². The van der Waals surface area contributed by atoms with Gasteiger partial charge >= 0.3 is 19.8 Å². The number of allylic oxidation sites excluding steroid dienone is 16. The van der Waals surface area contributed by atoms with E-state index in [2.05, 4.69) is 96.5 Å². The lowest BCUT2D eigenvalue weighted by atomic mass is 10.1. The van der Waals surface area contributed by atoms with Crippen LogP contribution in [0.5, 0.6) is 0 Å². The molecular weight excluding hydrogens is 783 g/mol. The van der Waals surface area contributed by atoms with Crippen molar-refractivity contribution < 1.29 is 52.9 Å². The number of carbonyl (C=O) groups is 2. The van der Waals surface area contributed by atoms with E-state index in [9.17, 15) is 24.2 Å². The summed E-state index contributed by atoms with van der Waals surface area (Å²) in [7, 11) is -4.65. The highest BCUT2D eigenvalue weighted by atomic mass is 31.2. The zero-order chi connectivity index (χ0) is 44.0. The molecule has 0 fully saturated rings. The molecule has 0 radical (unpaired) electrons. The lowest BCUT2D eigenvalue weighted by Gasteiger charge is -2.20. The molecule has 0 aromatic heterocycles. The number of esters is 2. The number of aliphatic hydroxyl groups excluding tert-OH is 3. The fraction of sp³-hybridized carbons (Fsp3) is 0.625. The minimum absolute atomic E-state index is 0.0853. The van der Waals surface area contributed by atoms with Crippen molar-refractivity contribution >= 4 is 19.8 Å². The molecule has 0 aromatic carbocycles. The van der Waals surface area contributed by atoms with Gasteiger partial charge in [0.05, 0.1) is 19.8 Å². The second-order valence-electron chi connectivity index (χ2n) is 14.4. The average molecular weight is 863 g/mol. The summed E-state index contributed by atoms with van der Waals surface area (Å²) >= 11 is 0. The predicted octanol–water partition coefficient (Wildman–Crippen LogP) is 11.0. The van der Waals surface area contributed by atoms with Gasteiger partial charge in [0.15, 0.2) is 6.10 Å². The molecule has 0 saturated carbocycles. The molecule has 4 N–H and O–H groups in total. The maximum absolute atomic E-state index is 12.6. The Hall–Kier alpha value is -3.15. The van der Waals surface area contributed by atoms with Crippen LogP contribution in [0, 0.1) is 0 Å². The summed E-state index contributed by atoms with van der Waals surface area (Å²) < 4.78 is 32.6. The van der Waals surface area contributed by atoms with Crippen LogP contribution in [0.25, 0.3) is 0 Å². The van der Waals surface area contributed by atoms with Crippen LogP contribution >= 0.6 is 7.82 Å². The normalized spacial score (nSPS) is 14.7. The van der Waals surface area contributed by atoms with Gasteiger partial charge in [0, 0.05) is 19.4 Å². The molecule has 11 nitrogen and oxygen atoms in total. The van der Waals surface area contributed by atoms with Crippen LogP contribution in [0.15, 0.2) is 97.2 Å². The number of ether oxygens (including phenoxy) is 2. The second kappa shape index (κ2) is 43.9. The van der Waals surface area contributed by atoms with Gasteiger partial charge in [-0.1, -0.05) is 130 Å². The van der Waals surface area contributed by atoms with Gasteiger partial charge in [-0.25, -0.2) is 4.57 Å². The number of phosphoric acid groups is 1. The van der Waals surface area contributed by atoms with Crippen LogP contribution < -0.4 is 0 Å². The Kier molecular flexibility index (Phi) is 41.6. The molecule has 342 valence electrons. The molecule has 3 atom stereocenters. The van der Waals surface area contributed by atoms with Crippen molar-refractivity contribution in [3.05, 3.63) is 97.2 Å². The molecule has 60 heavy (non-hydrogen) atoms. The molecule has 0 spiro atoms. The van der Waals surface area contributed by atoms with E-state index in [1.54, 1.807) is 0 Å². The van der Waals surface area contributed by atoms with Gasteiger partial charge < -0.3 is 29.7 Å². The summed E-state index contributed by atoms with van der Waals surface area (Å²) in [6.07, 6.45) is 51.0. The van der Waals surface area contributed by atoms with Crippen molar-refractivity contribution in [3.8, 4) is 0 Å². The highest BCUT2D eigenvalue weighted by Gasteiger charge is 2.27. The van der Waals surface area contributed by atoms with Crippen molar-refractivity contribution in [2.45, 2.75) is 160 Å². The van der Waals surface area contributed by atoms with Gasteiger partial charge in [0.25, 0.3) is 0 Å². The lowest BCUT2D eigenvalue weighted by molar-refractivity contribution is -0.161. The molecule has 0 aliphatic carbocycles. The Morgan fingerprint density at radius 3 is 1.40 bits per heavy atom. The van der Waals surface area contributed by atoms with Gasteiger partial charge in [-0.15, -0.1) is 0 Å². The van der Waals surface area contributed by atoms with Gasteiger partial charge in [-0.2, -0.15) is 0 Å². The fourth-order valence-corrected chi connectivity index (χ4v) is 6.09. The largest absolute Gasteiger partial charge is 0.472 e. The van der Waals surface area contributed by atoms with Crippen LogP contribution in [0.2, 0.25) is 0 Å². The SMILES string of the molecule is CCCCC/C=C\C/C=C\C/C=C\C/C=C\CCCCCC(=O)OC[C@H](COP(=O)(O)OC[C@@H](O)CO)OC(=O)CCC/C=C\C/C=C\C/C=C\C/C=C\CCCCCO. The Bertz CT molecular complexity index is 1310. The monoisotopic (exact) mass is 863 g/mol. The van der Waals surface area contributed by atoms with Crippen LogP contribution in [0.1, 0.15) is 148 Å². The third-order valence-corrected chi connectivity index (χ3v) is 9.72. The molecule has 12 heteroatoms. The van der Waals surface area contributed by atoms with Crippen LogP contribution in [0.4, 0.5) is 0 Å². The molecule has 0 rings (SSSR count). The van der Waals surface area contributed by atoms with E-state index >= 15 is 0 Å².